The smallest absolute Gasteiger partial charge is 0.308 e. The zero-order chi connectivity index (χ0) is 17.0. The predicted octanol–water partition coefficient (Wildman–Crippen LogP) is 2.70. The number of piperidine rings is 1. The molecule has 1 atom stereocenters. The van der Waals surface area contributed by atoms with E-state index in [0.29, 0.717) is 26.1 Å². The summed E-state index contributed by atoms with van der Waals surface area (Å²) in [4.78, 5) is 24.9. The van der Waals surface area contributed by atoms with Crippen molar-refractivity contribution in [1.82, 2.24) is 4.90 Å². The summed E-state index contributed by atoms with van der Waals surface area (Å²) in [6, 6.07) is 4.08. The quantitative estimate of drug-likeness (QED) is 0.906. The van der Waals surface area contributed by atoms with Crippen LogP contribution in [0.15, 0.2) is 12.1 Å². The van der Waals surface area contributed by atoms with Crippen LogP contribution in [-0.2, 0) is 9.59 Å². The minimum atomic E-state index is -0.815. The highest BCUT2D eigenvalue weighted by atomic mass is 16.5. The van der Waals surface area contributed by atoms with E-state index in [4.69, 9.17) is 9.84 Å². The highest BCUT2D eigenvalue weighted by Gasteiger charge is 2.27. The van der Waals surface area contributed by atoms with E-state index in [2.05, 4.69) is 6.07 Å². The molecule has 0 saturated carbocycles. The van der Waals surface area contributed by atoms with Gasteiger partial charge in [-0.25, -0.2) is 0 Å². The topological polar surface area (TPSA) is 66.8 Å². The Balaban J connectivity index is 1.86. The molecule has 2 rings (SSSR count). The lowest BCUT2D eigenvalue weighted by molar-refractivity contribution is -0.145. The third-order valence-electron chi connectivity index (χ3n) is 4.46. The molecular weight excluding hydrogens is 294 g/mol. The molecule has 5 heteroatoms. The van der Waals surface area contributed by atoms with Gasteiger partial charge in [0.1, 0.15) is 5.75 Å². The predicted molar refractivity (Wildman–Crippen MR) is 87.7 cm³/mol. The highest BCUT2D eigenvalue weighted by Crippen LogP contribution is 2.23. The molecule has 0 aromatic heterocycles. The van der Waals surface area contributed by atoms with Gasteiger partial charge in [-0.2, -0.15) is 0 Å². The van der Waals surface area contributed by atoms with Crippen molar-refractivity contribution in [2.24, 2.45) is 5.92 Å². The van der Waals surface area contributed by atoms with E-state index in [1.807, 2.05) is 26.8 Å². The molecule has 5 nitrogen and oxygen atoms in total. The maximum absolute atomic E-state index is 12.2. The Kier molecular flexibility index (Phi) is 5.64. The number of hydrogen-bond acceptors (Lipinski definition) is 3. The van der Waals surface area contributed by atoms with Gasteiger partial charge in [0.15, 0.2) is 0 Å². The van der Waals surface area contributed by atoms with E-state index in [1.165, 1.54) is 5.56 Å². The fourth-order valence-electron chi connectivity index (χ4n) is 2.96. The second kappa shape index (κ2) is 7.49. The molecular formula is C18H25NO4. The molecule has 1 aromatic rings. The minimum absolute atomic E-state index is 0.0296. The van der Waals surface area contributed by atoms with E-state index in [-0.39, 0.29) is 12.3 Å². The molecule has 1 unspecified atom stereocenters. The number of aliphatic carboxylic acids is 1. The number of likely N-dealkylation sites (tertiary alicyclic amines) is 1. The number of aryl methyl sites for hydroxylation is 2. The third-order valence-corrected chi connectivity index (χ3v) is 4.46. The monoisotopic (exact) mass is 319 g/mol. The zero-order valence-corrected chi connectivity index (χ0v) is 14.1. The van der Waals surface area contributed by atoms with Gasteiger partial charge < -0.3 is 14.7 Å². The lowest BCUT2D eigenvalue weighted by atomic mass is 9.98. The van der Waals surface area contributed by atoms with E-state index in [1.54, 1.807) is 4.90 Å². The minimum Gasteiger partial charge on any atom is -0.493 e. The van der Waals surface area contributed by atoms with Gasteiger partial charge in [-0.1, -0.05) is 6.07 Å². The first-order valence-electron chi connectivity index (χ1n) is 8.09. The van der Waals surface area contributed by atoms with Gasteiger partial charge in [0.05, 0.1) is 18.9 Å². The first kappa shape index (κ1) is 17.3. The van der Waals surface area contributed by atoms with Gasteiger partial charge in [-0.05, 0) is 56.4 Å². The van der Waals surface area contributed by atoms with Crippen molar-refractivity contribution in [3.63, 3.8) is 0 Å². The fraction of sp³-hybridized carbons (Fsp3) is 0.556. The summed E-state index contributed by atoms with van der Waals surface area (Å²) in [6.45, 7) is 7.34. The number of hydrogen-bond donors (Lipinski definition) is 1. The first-order valence-corrected chi connectivity index (χ1v) is 8.09. The number of carboxylic acid groups (broad SMARTS) is 1. The van der Waals surface area contributed by atoms with Gasteiger partial charge in [0.25, 0.3) is 0 Å². The number of carbonyl (C=O) groups excluding carboxylic acids is 1. The van der Waals surface area contributed by atoms with Crippen molar-refractivity contribution in [2.45, 2.75) is 40.0 Å². The van der Waals surface area contributed by atoms with Gasteiger partial charge in [-0.3, -0.25) is 9.59 Å². The van der Waals surface area contributed by atoms with E-state index >= 15 is 0 Å². The summed E-state index contributed by atoms with van der Waals surface area (Å²) >= 11 is 0. The van der Waals surface area contributed by atoms with Crippen molar-refractivity contribution < 1.29 is 19.4 Å². The largest absolute Gasteiger partial charge is 0.493 e. The van der Waals surface area contributed by atoms with Crippen molar-refractivity contribution >= 4 is 11.9 Å². The number of benzene rings is 1. The van der Waals surface area contributed by atoms with Crippen LogP contribution < -0.4 is 4.74 Å². The Morgan fingerprint density at radius 2 is 2.04 bits per heavy atom. The molecule has 1 saturated heterocycles. The van der Waals surface area contributed by atoms with Crippen LogP contribution in [0.4, 0.5) is 0 Å². The van der Waals surface area contributed by atoms with Gasteiger partial charge >= 0.3 is 5.97 Å². The molecule has 1 amide bonds. The Hall–Kier alpha value is -2.04. The summed E-state index contributed by atoms with van der Waals surface area (Å²) in [5, 5.41) is 9.08. The average Bonchev–Trinajstić information content (AvgIpc) is 2.51. The standard InChI is InChI=1S/C18H25NO4/c1-12-9-13(2)14(3)16(10-12)23-8-6-17(20)19-7-4-5-15(11-19)18(21)22/h9-10,15H,4-8,11H2,1-3H3,(H,21,22). The summed E-state index contributed by atoms with van der Waals surface area (Å²) in [6.07, 6.45) is 1.68. The van der Waals surface area contributed by atoms with Crippen LogP contribution in [0.5, 0.6) is 5.75 Å². The number of ether oxygens (including phenoxy) is 1. The zero-order valence-electron chi connectivity index (χ0n) is 14.1. The number of carboxylic acids is 1. The lowest BCUT2D eigenvalue weighted by Gasteiger charge is -2.30. The van der Waals surface area contributed by atoms with Gasteiger partial charge in [0.2, 0.25) is 5.91 Å². The summed E-state index contributed by atoms with van der Waals surface area (Å²) in [5.74, 6) is -0.463. The lowest BCUT2D eigenvalue weighted by Crippen LogP contribution is -2.42. The maximum Gasteiger partial charge on any atom is 0.308 e. The third kappa shape index (κ3) is 4.47. The van der Waals surface area contributed by atoms with Crippen molar-refractivity contribution in [3.05, 3.63) is 28.8 Å². The van der Waals surface area contributed by atoms with Crippen molar-refractivity contribution in [3.8, 4) is 5.75 Å². The second-order valence-electron chi connectivity index (χ2n) is 6.32. The van der Waals surface area contributed by atoms with Crippen LogP contribution in [0.2, 0.25) is 0 Å². The SMILES string of the molecule is Cc1cc(C)c(C)c(OCCC(=O)N2CCCC(C(=O)O)C2)c1. The molecule has 1 aliphatic heterocycles. The van der Waals surface area contributed by atoms with Crippen LogP contribution in [-0.4, -0.2) is 41.6 Å². The van der Waals surface area contributed by atoms with Gasteiger partial charge in [-0.15, -0.1) is 0 Å². The molecule has 1 aromatic carbocycles. The molecule has 1 N–H and O–H groups in total. The molecule has 1 heterocycles. The molecule has 0 aliphatic carbocycles. The summed E-state index contributed by atoms with van der Waals surface area (Å²) in [5.41, 5.74) is 3.40. The Morgan fingerprint density at radius 1 is 1.30 bits per heavy atom. The molecule has 1 aliphatic rings. The molecule has 1 fully saturated rings. The average molecular weight is 319 g/mol. The Bertz CT molecular complexity index is 597. The summed E-state index contributed by atoms with van der Waals surface area (Å²) < 4.78 is 5.77. The maximum atomic E-state index is 12.2. The summed E-state index contributed by atoms with van der Waals surface area (Å²) in [7, 11) is 0. The number of nitrogens with zero attached hydrogens (tertiary/aromatic N) is 1. The normalized spacial score (nSPS) is 17.9. The fourth-order valence-corrected chi connectivity index (χ4v) is 2.96. The molecule has 0 bridgehead atoms. The molecule has 0 spiro atoms. The molecule has 23 heavy (non-hydrogen) atoms. The first-order chi connectivity index (χ1) is 10.9. The van der Waals surface area contributed by atoms with Crippen LogP contribution in [0.3, 0.4) is 0 Å². The van der Waals surface area contributed by atoms with E-state index < -0.39 is 11.9 Å². The molecule has 126 valence electrons. The van der Waals surface area contributed by atoms with Crippen LogP contribution >= 0.6 is 0 Å². The van der Waals surface area contributed by atoms with Crippen molar-refractivity contribution in [1.29, 1.82) is 0 Å². The van der Waals surface area contributed by atoms with Crippen molar-refractivity contribution in [2.75, 3.05) is 19.7 Å². The highest BCUT2D eigenvalue weighted by molar-refractivity contribution is 5.78. The van der Waals surface area contributed by atoms with Crippen LogP contribution in [0, 0.1) is 26.7 Å². The number of rotatable bonds is 5. The van der Waals surface area contributed by atoms with Crippen LogP contribution in [0.25, 0.3) is 0 Å². The van der Waals surface area contributed by atoms with E-state index in [0.717, 1.165) is 23.3 Å². The van der Waals surface area contributed by atoms with Gasteiger partial charge in [0, 0.05) is 13.1 Å². The van der Waals surface area contributed by atoms with Crippen LogP contribution in [0.1, 0.15) is 36.0 Å². The second-order valence-corrected chi connectivity index (χ2v) is 6.32. The number of amides is 1. The molecule has 0 radical (unpaired) electrons. The van der Waals surface area contributed by atoms with E-state index in [9.17, 15) is 9.59 Å². The Labute approximate surface area is 137 Å². The Morgan fingerprint density at radius 3 is 2.74 bits per heavy atom. The number of carbonyl (C=O) groups is 2.